The number of phenolic OH excluding ortho intramolecular Hbond substituents is 2. The van der Waals surface area contributed by atoms with Gasteiger partial charge >= 0.3 is 0 Å². The topological polar surface area (TPSA) is 53.4 Å². The predicted octanol–water partition coefficient (Wildman–Crippen LogP) is 3.33. The number of pyridine rings is 1. The van der Waals surface area contributed by atoms with Crippen molar-refractivity contribution in [1.82, 2.24) is 4.98 Å². The Morgan fingerprint density at radius 3 is 2.06 bits per heavy atom. The molecule has 90 valence electrons. The largest absolute Gasteiger partial charge is 0.508 e. The molecule has 0 bridgehead atoms. The van der Waals surface area contributed by atoms with Crippen molar-refractivity contribution < 1.29 is 10.2 Å². The molecule has 0 amide bonds. The molecular formula is C15H13NO2. The summed E-state index contributed by atoms with van der Waals surface area (Å²) in [5.74, 6) is 0.561. The van der Waals surface area contributed by atoms with E-state index in [-0.39, 0.29) is 5.75 Å². The molecule has 2 aromatic carbocycles. The number of fused-ring (bicyclic) bond motifs is 1. The molecule has 0 aliphatic rings. The highest BCUT2D eigenvalue weighted by Crippen LogP contribution is 2.20. The van der Waals surface area contributed by atoms with Gasteiger partial charge in [-0.25, -0.2) is 0 Å². The molecule has 0 aliphatic carbocycles. The molecule has 3 nitrogen and oxygen atoms in total. The van der Waals surface area contributed by atoms with Crippen LogP contribution in [-0.2, 0) is 0 Å². The molecule has 3 heteroatoms. The van der Waals surface area contributed by atoms with Crippen molar-refractivity contribution in [2.24, 2.45) is 0 Å². The number of hydrogen-bond acceptors (Lipinski definition) is 3. The predicted molar refractivity (Wildman–Crippen MR) is 71.5 cm³/mol. The number of benzene rings is 2. The van der Waals surface area contributed by atoms with Gasteiger partial charge in [0, 0.05) is 11.6 Å². The van der Waals surface area contributed by atoms with Gasteiger partial charge in [-0.15, -0.1) is 0 Å². The highest BCUT2D eigenvalue weighted by molar-refractivity contribution is 5.83. The number of phenols is 2. The second-order valence-electron chi connectivity index (χ2n) is 3.69. The number of hydrogen-bond donors (Lipinski definition) is 2. The fourth-order valence-corrected chi connectivity index (χ4v) is 1.52. The molecule has 0 saturated carbocycles. The van der Waals surface area contributed by atoms with Gasteiger partial charge in [0.2, 0.25) is 0 Å². The Morgan fingerprint density at radius 1 is 0.722 bits per heavy atom. The van der Waals surface area contributed by atoms with E-state index in [0.717, 1.165) is 5.39 Å². The molecule has 0 aliphatic heterocycles. The summed E-state index contributed by atoms with van der Waals surface area (Å²) in [4.78, 5) is 4.03. The van der Waals surface area contributed by atoms with Gasteiger partial charge in [0.1, 0.15) is 17.0 Å². The van der Waals surface area contributed by atoms with Gasteiger partial charge in [0.05, 0.1) is 0 Å². The van der Waals surface area contributed by atoms with Crippen LogP contribution in [0, 0.1) is 0 Å². The SMILES string of the molecule is Oc1cccc2cccnc12.Oc1ccccc1. The first-order chi connectivity index (χ1) is 8.77. The summed E-state index contributed by atoms with van der Waals surface area (Å²) < 4.78 is 0. The van der Waals surface area contributed by atoms with E-state index in [1.165, 1.54) is 0 Å². The molecule has 0 unspecified atom stereocenters. The maximum absolute atomic E-state index is 9.31. The molecule has 1 heterocycles. The summed E-state index contributed by atoms with van der Waals surface area (Å²) in [7, 11) is 0. The summed E-state index contributed by atoms with van der Waals surface area (Å²) in [6.07, 6.45) is 1.67. The Kier molecular flexibility index (Phi) is 3.76. The fourth-order valence-electron chi connectivity index (χ4n) is 1.52. The molecule has 3 aromatic rings. The summed E-state index contributed by atoms with van der Waals surface area (Å²) in [6.45, 7) is 0. The molecular weight excluding hydrogens is 226 g/mol. The van der Waals surface area contributed by atoms with Crippen molar-refractivity contribution in [1.29, 1.82) is 0 Å². The molecule has 0 fully saturated rings. The Morgan fingerprint density at radius 2 is 1.44 bits per heavy atom. The van der Waals surface area contributed by atoms with Crippen LogP contribution in [-0.4, -0.2) is 15.2 Å². The van der Waals surface area contributed by atoms with E-state index in [1.807, 2.05) is 24.3 Å². The van der Waals surface area contributed by atoms with Crippen LogP contribution in [0.5, 0.6) is 11.5 Å². The van der Waals surface area contributed by atoms with E-state index in [0.29, 0.717) is 11.3 Å². The second kappa shape index (κ2) is 5.68. The quantitative estimate of drug-likeness (QED) is 0.632. The highest BCUT2D eigenvalue weighted by atomic mass is 16.3. The third-order valence-electron chi connectivity index (χ3n) is 2.37. The Hall–Kier alpha value is -2.55. The minimum absolute atomic E-state index is 0.239. The van der Waals surface area contributed by atoms with Gasteiger partial charge in [-0.3, -0.25) is 4.98 Å². The van der Waals surface area contributed by atoms with Gasteiger partial charge in [0.15, 0.2) is 0 Å². The van der Waals surface area contributed by atoms with E-state index in [2.05, 4.69) is 4.98 Å². The zero-order valence-corrected chi connectivity index (χ0v) is 9.69. The van der Waals surface area contributed by atoms with Crippen molar-refractivity contribution in [3.05, 3.63) is 66.9 Å². The van der Waals surface area contributed by atoms with Crippen molar-refractivity contribution >= 4 is 10.9 Å². The standard InChI is InChI=1S/C9H7NO.C6H6O/c11-8-5-1-3-7-4-2-6-10-9(7)8;7-6-4-2-1-3-5-6/h1-6,11H;1-5,7H. The zero-order chi connectivity index (χ0) is 12.8. The summed E-state index contributed by atoms with van der Waals surface area (Å²) >= 11 is 0. The van der Waals surface area contributed by atoms with Crippen LogP contribution in [0.1, 0.15) is 0 Å². The van der Waals surface area contributed by atoms with E-state index < -0.39 is 0 Å². The smallest absolute Gasteiger partial charge is 0.141 e. The molecule has 18 heavy (non-hydrogen) atoms. The minimum Gasteiger partial charge on any atom is -0.508 e. The second-order valence-corrected chi connectivity index (χ2v) is 3.69. The monoisotopic (exact) mass is 239 g/mol. The number of nitrogens with zero attached hydrogens (tertiary/aromatic N) is 1. The van der Waals surface area contributed by atoms with Gasteiger partial charge in [-0.1, -0.05) is 36.4 Å². The molecule has 0 radical (unpaired) electrons. The third kappa shape index (κ3) is 2.98. The normalized spacial score (nSPS) is 9.56. The average molecular weight is 239 g/mol. The van der Waals surface area contributed by atoms with Crippen molar-refractivity contribution in [2.45, 2.75) is 0 Å². The van der Waals surface area contributed by atoms with Crippen molar-refractivity contribution in [3.63, 3.8) is 0 Å². The van der Waals surface area contributed by atoms with E-state index in [1.54, 1.807) is 42.6 Å². The van der Waals surface area contributed by atoms with Crippen LogP contribution in [0.4, 0.5) is 0 Å². The Labute approximate surface area is 105 Å². The molecule has 0 atom stereocenters. The van der Waals surface area contributed by atoms with E-state index in [4.69, 9.17) is 5.11 Å². The van der Waals surface area contributed by atoms with Gasteiger partial charge < -0.3 is 10.2 Å². The van der Waals surface area contributed by atoms with Crippen LogP contribution in [0.15, 0.2) is 66.9 Å². The number of para-hydroxylation sites is 2. The molecule has 1 aromatic heterocycles. The fraction of sp³-hybridized carbons (Fsp3) is 0. The number of aromatic nitrogens is 1. The van der Waals surface area contributed by atoms with E-state index in [9.17, 15) is 5.11 Å². The van der Waals surface area contributed by atoms with Crippen LogP contribution in [0.2, 0.25) is 0 Å². The number of aromatic hydroxyl groups is 2. The molecule has 0 spiro atoms. The highest BCUT2D eigenvalue weighted by Gasteiger charge is 1.96. The van der Waals surface area contributed by atoms with Crippen molar-refractivity contribution in [3.8, 4) is 11.5 Å². The molecule has 2 N–H and O–H groups in total. The first kappa shape index (κ1) is 11.9. The summed E-state index contributed by atoms with van der Waals surface area (Å²) in [5, 5.41) is 18.9. The van der Waals surface area contributed by atoms with Crippen LogP contribution in [0.25, 0.3) is 10.9 Å². The minimum atomic E-state index is 0.239. The maximum atomic E-state index is 9.31. The first-order valence-electron chi connectivity index (χ1n) is 5.54. The van der Waals surface area contributed by atoms with Gasteiger partial charge in [0.25, 0.3) is 0 Å². The molecule has 3 rings (SSSR count). The van der Waals surface area contributed by atoms with Crippen LogP contribution >= 0.6 is 0 Å². The lowest BCUT2D eigenvalue weighted by atomic mass is 10.2. The maximum Gasteiger partial charge on any atom is 0.141 e. The zero-order valence-electron chi connectivity index (χ0n) is 9.69. The third-order valence-corrected chi connectivity index (χ3v) is 2.37. The Bertz CT molecular complexity index is 618. The first-order valence-corrected chi connectivity index (χ1v) is 5.54. The van der Waals surface area contributed by atoms with Crippen LogP contribution < -0.4 is 0 Å². The average Bonchev–Trinajstić information content (AvgIpc) is 2.41. The van der Waals surface area contributed by atoms with Gasteiger partial charge in [-0.2, -0.15) is 0 Å². The number of rotatable bonds is 0. The summed E-state index contributed by atoms with van der Waals surface area (Å²) in [6, 6.07) is 17.8. The Balaban J connectivity index is 0.000000149. The lowest BCUT2D eigenvalue weighted by molar-refractivity contribution is 0.475. The van der Waals surface area contributed by atoms with Gasteiger partial charge in [-0.05, 0) is 24.3 Å². The van der Waals surface area contributed by atoms with Crippen molar-refractivity contribution in [2.75, 3.05) is 0 Å². The molecule has 0 saturated heterocycles. The van der Waals surface area contributed by atoms with Crippen LogP contribution in [0.3, 0.4) is 0 Å². The van der Waals surface area contributed by atoms with E-state index >= 15 is 0 Å². The summed E-state index contributed by atoms with van der Waals surface area (Å²) in [5.41, 5.74) is 0.662. The lowest BCUT2D eigenvalue weighted by Crippen LogP contribution is -1.76. The lowest BCUT2D eigenvalue weighted by Gasteiger charge is -1.96.